The summed E-state index contributed by atoms with van der Waals surface area (Å²) in [4.78, 5) is 61.6. The normalized spacial score (nSPS) is 30.4. The molecule has 17 nitrogen and oxygen atoms in total. The number of aromatic nitrogens is 2. The summed E-state index contributed by atoms with van der Waals surface area (Å²) in [5, 5.41) is 21.6. The van der Waals surface area contributed by atoms with Crippen molar-refractivity contribution in [3.63, 3.8) is 0 Å². The van der Waals surface area contributed by atoms with Crippen molar-refractivity contribution < 1.29 is 64.1 Å². The van der Waals surface area contributed by atoms with E-state index in [1.807, 2.05) is 4.98 Å². The van der Waals surface area contributed by atoms with E-state index in [9.17, 15) is 43.3 Å². The van der Waals surface area contributed by atoms with Crippen LogP contribution in [0.1, 0.15) is 21.6 Å². The molecule has 20 heteroatoms. The third-order valence-electron chi connectivity index (χ3n) is 3.82. The number of phosphoric ester groups is 1. The van der Waals surface area contributed by atoms with Crippen LogP contribution in [-0.4, -0.2) is 63.7 Å². The second-order valence-corrected chi connectivity index (χ2v) is 10.6. The van der Waals surface area contributed by atoms with E-state index in [0.29, 0.717) is 4.57 Å². The fourth-order valence-corrected chi connectivity index (χ4v) is 5.58. The van der Waals surface area contributed by atoms with Crippen LogP contribution in [-0.2, 0) is 31.6 Å². The summed E-state index contributed by atoms with van der Waals surface area (Å²) in [7, 11) is -17.8. The predicted octanol–water partition coefficient (Wildman–Crippen LogP) is -1.80. The number of hydrogen-bond donors (Lipinski definition) is 7. The van der Waals surface area contributed by atoms with Gasteiger partial charge < -0.3 is 34.5 Å². The van der Waals surface area contributed by atoms with Crippen molar-refractivity contribution in [2.45, 2.75) is 37.9 Å². The fourth-order valence-electron chi connectivity index (χ4n) is 2.71. The second-order valence-electron chi connectivity index (χ2n) is 6.30. The zero-order valence-electron chi connectivity index (χ0n) is 18.5. The van der Waals surface area contributed by atoms with Crippen LogP contribution in [0.5, 0.6) is 0 Å². The molecule has 0 aromatic carbocycles. The van der Waals surface area contributed by atoms with Gasteiger partial charge in [-0.25, -0.2) is 18.5 Å². The highest BCUT2D eigenvalue weighted by molar-refractivity contribution is 7.66. The van der Waals surface area contributed by atoms with Crippen molar-refractivity contribution in [3.8, 4) is 11.8 Å². The van der Waals surface area contributed by atoms with E-state index in [4.69, 9.17) is 17.3 Å². The van der Waals surface area contributed by atoms with Gasteiger partial charge in [-0.3, -0.25) is 18.9 Å². The Bertz CT molecular complexity index is 1310. The first-order chi connectivity index (χ1) is 15.6. The molecule has 1 aromatic rings. The summed E-state index contributed by atoms with van der Waals surface area (Å²) in [5.41, 5.74) is -4.93. The van der Waals surface area contributed by atoms with Gasteiger partial charge in [-0.1, -0.05) is 5.92 Å². The Balaban J connectivity index is 2.46. The number of aromatic amines is 1. The lowest BCUT2D eigenvalue weighted by molar-refractivity contribution is -0.0771. The molecule has 0 radical (unpaired) electrons. The molecule has 2 rings (SSSR count). The van der Waals surface area contributed by atoms with Gasteiger partial charge >= 0.3 is 29.2 Å². The van der Waals surface area contributed by atoms with Gasteiger partial charge in [0.05, 0.1) is 9.30 Å². The number of aliphatic hydroxyl groups is 2. The zero-order chi connectivity index (χ0) is 27.2. The first kappa shape index (κ1) is 24.6. The molecule has 1 fully saturated rings. The molecule has 0 aliphatic carbocycles. The number of hydrogen-bond acceptors (Lipinski definition) is 11. The van der Waals surface area contributed by atoms with E-state index < -0.39 is 65.3 Å². The van der Waals surface area contributed by atoms with Gasteiger partial charge in [-0.05, 0) is 13.8 Å². The molecule has 6 atom stereocenters. The maximum absolute atomic E-state index is 12.3. The Labute approximate surface area is 186 Å². The average molecular weight is 538 g/mol. The van der Waals surface area contributed by atoms with Crippen LogP contribution in [0.4, 0.5) is 0 Å². The summed E-state index contributed by atoms with van der Waals surface area (Å²) < 4.78 is 66.9. The second kappa shape index (κ2) is 9.65. The molecule has 0 saturated carbocycles. The molecule has 0 amide bonds. The predicted molar refractivity (Wildman–Crippen MR) is 104 cm³/mol. The largest absolute Gasteiger partial charge is 0.490 e. The van der Waals surface area contributed by atoms with Crippen LogP contribution in [0, 0.1) is 18.8 Å². The van der Waals surface area contributed by atoms with Crippen molar-refractivity contribution >= 4 is 23.5 Å². The highest BCUT2D eigenvalue weighted by Gasteiger charge is 2.57. The molecular weight excluding hydrogens is 517 g/mol. The van der Waals surface area contributed by atoms with Gasteiger partial charge in [-0.2, -0.15) is 8.62 Å². The lowest BCUT2D eigenvalue weighted by Crippen LogP contribution is -2.49. The van der Waals surface area contributed by atoms with Gasteiger partial charge in [0.1, 0.15) is 12.2 Å². The molecule has 0 spiro atoms. The molecule has 1 aliphatic rings. The van der Waals surface area contributed by atoms with Gasteiger partial charge in [-0.15, -0.1) is 5.92 Å². The van der Waals surface area contributed by atoms with E-state index in [2.05, 4.69) is 25.0 Å². The first-order valence-electron chi connectivity index (χ1n) is 9.31. The SMILES string of the molecule is [2H]C([2H])(OP(=O)(O)OP(=O)(O)OP(=O)(O)O)[C@H]1O[C@@H](n2c(C)cc(=O)[nH]c2=O)C(O)(C#CC)[C@H]1O. The average Bonchev–Trinajstić information content (AvgIpc) is 2.83. The van der Waals surface area contributed by atoms with Gasteiger partial charge in [0.25, 0.3) is 5.56 Å². The number of H-pyrrole nitrogens is 1. The summed E-state index contributed by atoms with van der Waals surface area (Å²) in [5.74, 6) is 4.34. The topological polar surface area (TPSA) is 264 Å². The van der Waals surface area contributed by atoms with Crippen molar-refractivity contribution in [1.29, 1.82) is 0 Å². The van der Waals surface area contributed by atoms with Crippen molar-refractivity contribution in [2.24, 2.45) is 0 Å². The van der Waals surface area contributed by atoms with Crippen molar-refractivity contribution in [3.05, 3.63) is 32.6 Å². The van der Waals surface area contributed by atoms with Crippen molar-refractivity contribution in [1.82, 2.24) is 9.55 Å². The number of nitrogens with zero attached hydrogens (tertiary/aromatic N) is 1. The fraction of sp³-hybridized carbons (Fsp3) is 0.538. The molecule has 1 aromatic heterocycles. The Morgan fingerprint density at radius 2 is 1.85 bits per heavy atom. The molecule has 33 heavy (non-hydrogen) atoms. The maximum Gasteiger partial charge on any atom is 0.490 e. The Morgan fingerprint density at radius 3 is 2.36 bits per heavy atom. The minimum Gasteiger partial charge on any atom is -0.386 e. The quantitative estimate of drug-likeness (QED) is 0.142. The maximum atomic E-state index is 12.3. The summed E-state index contributed by atoms with van der Waals surface area (Å²) in [6.07, 6.45) is -6.92. The van der Waals surface area contributed by atoms with Gasteiger partial charge in [0.15, 0.2) is 11.8 Å². The summed E-state index contributed by atoms with van der Waals surface area (Å²) in [6, 6.07) is 0.894. The summed E-state index contributed by atoms with van der Waals surface area (Å²) in [6.45, 7) is -1.26. The number of aryl methyl sites for hydroxylation is 1. The monoisotopic (exact) mass is 538 g/mol. The number of nitrogens with one attached hydrogen (secondary N) is 1. The van der Waals surface area contributed by atoms with E-state index in [0.717, 1.165) is 6.07 Å². The van der Waals surface area contributed by atoms with Gasteiger partial charge in [0, 0.05) is 11.8 Å². The van der Waals surface area contributed by atoms with E-state index in [-0.39, 0.29) is 5.69 Å². The van der Waals surface area contributed by atoms with E-state index in [1.54, 1.807) is 0 Å². The van der Waals surface area contributed by atoms with Crippen LogP contribution < -0.4 is 11.2 Å². The van der Waals surface area contributed by atoms with Crippen LogP contribution >= 0.6 is 23.5 Å². The molecule has 0 bridgehead atoms. The van der Waals surface area contributed by atoms with Crippen LogP contribution in [0.15, 0.2) is 15.7 Å². The third-order valence-corrected chi connectivity index (χ3v) is 7.48. The lowest BCUT2D eigenvalue weighted by atomic mass is 9.94. The number of ether oxygens (including phenoxy) is 1. The molecule has 1 saturated heterocycles. The third kappa shape index (κ3) is 6.78. The number of phosphoric acid groups is 3. The molecule has 2 heterocycles. The molecule has 186 valence electrons. The zero-order valence-corrected chi connectivity index (χ0v) is 19.1. The van der Waals surface area contributed by atoms with Crippen LogP contribution in [0.25, 0.3) is 0 Å². The molecular formula is C13H19N2O15P3. The molecule has 7 N–H and O–H groups in total. The first-order valence-corrected chi connectivity index (χ1v) is 12.8. The van der Waals surface area contributed by atoms with Crippen molar-refractivity contribution in [2.75, 3.05) is 6.56 Å². The number of rotatable bonds is 8. The highest BCUT2D eigenvalue weighted by Crippen LogP contribution is 2.66. The van der Waals surface area contributed by atoms with E-state index >= 15 is 0 Å². The molecule has 1 aliphatic heterocycles. The Kier molecular flexibility index (Phi) is 7.21. The van der Waals surface area contributed by atoms with Crippen LogP contribution in [0.2, 0.25) is 0 Å². The Hall–Kier alpha value is -1.47. The van der Waals surface area contributed by atoms with Crippen LogP contribution in [0.3, 0.4) is 0 Å². The standard InChI is InChI=1S/C13H19N2O15P3/c1-3-4-13(19)10(17)8(28-11(13)15-7(2)5-9(16)14-12(15)18)6-27-32(23,24)30-33(25,26)29-31(20,21)22/h5,8,10-11,17,19H,6H2,1-2H3,(H,23,24)(H,25,26)(H,14,16,18)(H2,20,21,22)/t8-,10+,11-,13?/m1/s1/i6D2. The molecule has 3 unspecified atom stereocenters. The minimum atomic E-state index is -6.06. The highest BCUT2D eigenvalue weighted by atomic mass is 31.3. The lowest BCUT2D eigenvalue weighted by Gasteiger charge is -2.27. The number of aliphatic hydroxyl groups excluding tert-OH is 1. The smallest absolute Gasteiger partial charge is 0.386 e. The van der Waals surface area contributed by atoms with E-state index in [1.165, 1.54) is 13.8 Å². The minimum absolute atomic E-state index is 0.138. The van der Waals surface area contributed by atoms with Gasteiger partial charge in [0.2, 0.25) is 0 Å². The summed E-state index contributed by atoms with van der Waals surface area (Å²) >= 11 is 0. The Morgan fingerprint density at radius 1 is 1.24 bits per heavy atom.